The van der Waals surface area contributed by atoms with Gasteiger partial charge in [0.25, 0.3) is 5.91 Å². The van der Waals surface area contributed by atoms with Gasteiger partial charge in [-0.1, -0.05) is 0 Å². The summed E-state index contributed by atoms with van der Waals surface area (Å²) < 4.78 is 5.18. The van der Waals surface area contributed by atoms with Crippen LogP contribution in [0.4, 0.5) is 10.7 Å². The minimum atomic E-state index is -1.03. The number of anilines is 2. The Hall–Kier alpha value is -3.20. The molecule has 1 aromatic carbocycles. The van der Waals surface area contributed by atoms with Crippen LogP contribution in [-0.2, 0) is 14.3 Å². The molecular weight excluding hydrogens is 382 g/mol. The van der Waals surface area contributed by atoms with Crippen LogP contribution < -0.4 is 16.4 Å². The summed E-state index contributed by atoms with van der Waals surface area (Å²) in [5, 5.41) is 5.92. The van der Waals surface area contributed by atoms with Crippen molar-refractivity contribution in [3.05, 3.63) is 46.8 Å². The van der Waals surface area contributed by atoms with Crippen LogP contribution in [0.2, 0.25) is 0 Å². The molecule has 0 unspecified atom stereocenters. The monoisotopic (exact) mass is 401 g/mol. The largest absolute Gasteiger partial charge is 0.448 e. The lowest BCUT2D eigenvalue weighted by Gasteiger charge is -2.13. The number of benzene rings is 1. The number of esters is 1. The maximum Gasteiger partial charge on any atom is 0.349 e. The predicted octanol–water partition coefficient (Wildman–Crippen LogP) is 2.38. The number of carbonyl (C=O) groups is 4. The van der Waals surface area contributed by atoms with Crippen molar-refractivity contribution in [3.63, 3.8) is 0 Å². The van der Waals surface area contributed by atoms with Crippen LogP contribution in [0.15, 0.2) is 36.4 Å². The average Bonchev–Trinajstić information content (AvgIpc) is 3.41. The summed E-state index contributed by atoms with van der Waals surface area (Å²) in [4.78, 5) is 47.5. The summed E-state index contributed by atoms with van der Waals surface area (Å²) in [5.41, 5.74) is 5.93. The lowest BCUT2D eigenvalue weighted by atomic mass is 10.2. The first kappa shape index (κ1) is 19.6. The number of primary amides is 1. The van der Waals surface area contributed by atoms with E-state index in [0.29, 0.717) is 16.3 Å². The molecule has 146 valence electrons. The van der Waals surface area contributed by atoms with Gasteiger partial charge in [-0.05, 0) is 56.2 Å². The zero-order valence-corrected chi connectivity index (χ0v) is 15.9. The molecule has 1 aliphatic carbocycles. The number of amides is 3. The van der Waals surface area contributed by atoms with Crippen molar-refractivity contribution in [3.8, 4) is 0 Å². The van der Waals surface area contributed by atoms with Crippen LogP contribution in [0.5, 0.6) is 0 Å². The summed E-state index contributed by atoms with van der Waals surface area (Å²) in [6, 6.07) is 9.20. The van der Waals surface area contributed by atoms with E-state index in [1.165, 1.54) is 31.2 Å². The van der Waals surface area contributed by atoms with Crippen molar-refractivity contribution >= 4 is 45.7 Å². The van der Waals surface area contributed by atoms with E-state index in [9.17, 15) is 19.2 Å². The van der Waals surface area contributed by atoms with Gasteiger partial charge in [0.05, 0.1) is 5.00 Å². The molecule has 0 bridgehead atoms. The molecule has 1 heterocycles. The van der Waals surface area contributed by atoms with E-state index in [2.05, 4.69) is 10.6 Å². The Bertz CT molecular complexity index is 918. The van der Waals surface area contributed by atoms with E-state index in [4.69, 9.17) is 10.5 Å². The highest BCUT2D eigenvalue weighted by Crippen LogP contribution is 2.31. The molecule has 0 aliphatic heterocycles. The van der Waals surface area contributed by atoms with Crippen molar-refractivity contribution in [1.82, 2.24) is 0 Å². The highest BCUT2D eigenvalue weighted by atomic mass is 32.1. The van der Waals surface area contributed by atoms with Gasteiger partial charge in [0.2, 0.25) is 11.8 Å². The fourth-order valence-electron chi connectivity index (χ4n) is 2.32. The maximum atomic E-state index is 12.2. The Kier molecular flexibility index (Phi) is 5.74. The topological polar surface area (TPSA) is 128 Å². The number of nitrogens with two attached hydrogens (primary N) is 1. The van der Waals surface area contributed by atoms with Crippen molar-refractivity contribution in [2.45, 2.75) is 25.9 Å². The van der Waals surface area contributed by atoms with Gasteiger partial charge in [0.15, 0.2) is 6.10 Å². The van der Waals surface area contributed by atoms with Gasteiger partial charge in [-0.15, -0.1) is 11.3 Å². The van der Waals surface area contributed by atoms with Crippen LogP contribution >= 0.6 is 11.3 Å². The van der Waals surface area contributed by atoms with Crippen molar-refractivity contribution in [1.29, 1.82) is 0 Å². The van der Waals surface area contributed by atoms with Gasteiger partial charge < -0.3 is 21.1 Å². The van der Waals surface area contributed by atoms with E-state index >= 15 is 0 Å². The number of nitrogens with one attached hydrogen (secondary N) is 2. The third-order valence-electron chi connectivity index (χ3n) is 4.09. The third kappa shape index (κ3) is 4.95. The molecule has 3 rings (SSSR count). The van der Waals surface area contributed by atoms with E-state index in [-0.39, 0.29) is 16.7 Å². The molecule has 3 amide bonds. The van der Waals surface area contributed by atoms with Gasteiger partial charge in [-0.2, -0.15) is 0 Å². The zero-order chi connectivity index (χ0) is 20.3. The van der Waals surface area contributed by atoms with E-state index in [0.717, 1.165) is 24.2 Å². The maximum absolute atomic E-state index is 12.2. The molecule has 1 atom stereocenters. The Morgan fingerprint density at radius 1 is 1.07 bits per heavy atom. The van der Waals surface area contributed by atoms with Crippen LogP contribution in [0.25, 0.3) is 0 Å². The molecule has 4 N–H and O–H groups in total. The number of hydrogen-bond donors (Lipinski definition) is 3. The van der Waals surface area contributed by atoms with Crippen LogP contribution in [0.1, 0.15) is 39.8 Å². The van der Waals surface area contributed by atoms with Crippen LogP contribution in [0.3, 0.4) is 0 Å². The van der Waals surface area contributed by atoms with Crippen molar-refractivity contribution < 1.29 is 23.9 Å². The number of carbonyl (C=O) groups excluding carboxylic acids is 4. The number of hydrogen-bond acceptors (Lipinski definition) is 6. The molecule has 28 heavy (non-hydrogen) atoms. The summed E-state index contributed by atoms with van der Waals surface area (Å²) in [6.45, 7) is 1.45. The van der Waals surface area contributed by atoms with Gasteiger partial charge in [0, 0.05) is 17.2 Å². The highest BCUT2D eigenvalue weighted by molar-refractivity contribution is 7.18. The number of thiophene rings is 1. The molecule has 1 saturated carbocycles. The SMILES string of the molecule is C[C@@H](OC(=O)c1ccc(NC(=O)C2CC2)s1)C(=O)Nc1ccc(C(N)=O)cc1. The molecule has 0 radical (unpaired) electrons. The van der Waals surface area contributed by atoms with E-state index < -0.39 is 23.9 Å². The lowest BCUT2D eigenvalue weighted by Crippen LogP contribution is -2.29. The zero-order valence-electron chi connectivity index (χ0n) is 15.1. The van der Waals surface area contributed by atoms with Crippen molar-refractivity contribution in [2.24, 2.45) is 11.7 Å². The molecule has 0 spiro atoms. The summed E-state index contributed by atoms with van der Waals surface area (Å²) in [5.74, 6) is -1.71. The minimum absolute atomic E-state index is 0.0446. The Labute approximate surface area is 165 Å². The predicted molar refractivity (Wildman–Crippen MR) is 104 cm³/mol. The molecule has 1 aliphatic rings. The second kappa shape index (κ2) is 8.22. The Balaban J connectivity index is 1.52. The average molecular weight is 401 g/mol. The van der Waals surface area contributed by atoms with Crippen LogP contribution in [-0.4, -0.2) is 29.8 Å². The van der Waals surface area contributed by atoms with Gasteiger partial charge in [0.1, 0.15) is 4.88 Å². The van der Waals surface area contributed by atoms with Crippen LogP contribution in [0, 0.1) is 5.92 Å². The van der Waals surface area contributed by atoms with E-state index in [1.54, 1.807) is 12.1 Å². The first-order chi connectivity index (χ1) is 13.3. The Morgan fingerprint density at radius 2 is 1.75 bits per heavy atom. The molecule has 8 nitrogen and oxygen atoms in total. The van der Waals surface area contributed by atoms with Gasteiger partial charge >= 0.3 is 5.97 Å². The number of ether oxygens (including phenoxy) is 1. The third-order valence-corrected chi connectivity index (χ3v) is 5.07. The quantitative estimate of drug-likeness (QED) is 0.614. The van der Waals surface area contributed by atoms with Gasteiger partial charge in [-0.25, -0.2) is 4.79 Å². The normalized spacial score (nSPS) is 14.0. The molecule has 1 aromatic heterocycles. The Morgan fingerprint density at radius 3 is 2.36 bits per heavy atom. The summed E-state index contributed by atoms with van der Waals surface area (Å²) >= 11 is 1.09. The van der Waals surface area contributed by atoms with Gasteiger partial charge in [-0.3, -0.25) is 14.4 Å². The van der Waals surface area contributed by atoms with Crippen molar-refractivity contribution in [2.75, 3.05) is 10.6 Å². The molecule has 1 fully saturated rings. The summed E-state index contributed by atoms with van der Waals surface area (Å²) in [7, 11) is 0. The summed E-state index contributed by atoms with van der Waals surface area (Å²) in [6.07, 6.45) is 0.753. The standard InChI is InChI=1S/C19H19N3O5S/c1-10(17(24)21-13-6-4-11(5-7-13)16(20)23)27-19(26)14-8-9-15(28-14)22-18(25)12-2-3-12/h4-10,12H,2-3H2,1H3,(H2,20,23)(H,21,24)(H,22,25)/t10-/m1/s1. The first-order valence-corrected chi connectivity index (χ1v) is 9.47. The molecule has 9 heteroatoms. The molecule has 2 aromatic rings. The number of rotatable bonds is 7. The van der Waals surface area contributed by atoms with E-state index in [1.807, 2.05) is 0 Å². The molecular formula is C19H19N3O5S. The first-order valence-electron chi connectivity index (χ1n) is 8.66. The highest BCUT2D eigenvalue weighted by Gasteiger charge is 2.30. The smallest absolute Gasteiger partial charge is 0.349 e. The minimum Gasteiger partial charge on any atom is -0.448 e. The fraction of sp³-hybridized carbons (Fsp3) is 0.263. The lowest BCUT2D eigenvalue weighted by molar-refractivity contribution is -0.123. The second-order valence-corrected chi connectivity index (χ2v) is 7.49. The molecule has 0 saturated heterocycles. The fourth-order valence-corrected chi connectivity index (χ4v) is 3.11. The second-order valence-electron chi connectivity index (χ2n) is 6.41.